The van der Waals surface area contributed by atoms with Crippen LogP contribution in [0.3, 0.4) is 0 Å². The molecule has 0 saturated heterocycles. The van der Waals surface area contributed by atoms with Gasteiger partial charge in [0, 0.05) is 11.3 Å². The maximum atomic E-state index is 12.2. The molecule has 2 aromatic rings. The Morgan fingerprint density at radius 2 is 2.00 bits per heavy atom. The van der Waals surface area contributed by atoms with Crippen LogP contribution in [0.15, 0.2) is 64.8 Å². The highest BCUT2D eigenvalue weighted by molar-refractivity contribution is 5.98. The second-order valence-electron chi connectivity index (χ2n) is 6.52. The van der Waals surface area contributed by atoms with E-state index in [1.54, 1.807) is 26.2 Å². The summed E-state index contributed by atoms with van der Waals surface area (Å²) in [5.41, 5.74) is 3.00. The lowest BCUT2D eigenvalue weighted by molar-refractivity contribution is -0.114. The van der Waals surface area contributed by atoms with E-state index >= 15 is 0 Å². The molecule has 0 spiro atoms. The van der Waals surface area contributed by atoms with Crippen molar-refractivity contribution < 1.29 is 14.3 Å². The third-order valence-electron chi connectivity index (χ3n) is 4.54. The van der Waals surface area contributed by atoms with Crippen molar-refractivity contribution in [3.05, 3.63) is 70.9 Å². The van der Waals surface area contributed by atoms with E-state index in [1.807, 2.05) is 42.6 Å². The number of nitrogens with zero attached hydrogens (tertiary/aromatic N) is 2. The number of aliphatic imine (C=N–C) groups is 1. The number of ketones is 1. The summed E-state index contributed by atoms with van der Waals surface area (Å²) in [5, 5.41) is 14.3. The van der Waals surface area contributed by atoms with Gasteiger partial charge in [-0.25, -0.2) is 4.99 Å². The largest absolute Gasteiger partial charge is 0.493 e. The third kappa shape index (κ3) is 4.55. The Morgan fingerprint density at radius 1 is 1.24 bits per heavy atom. The number of rotatable bonds is 6. The van der Waals surface area contributed by atoms with Crippen molar-refractivity contribution in [3.63, 3.8) is 0 Å². The fourth-order valence-electron chi connectivity index (χ4n) is 3.20. The lowest BCUT2D eigenvalue weighted by Crippen LogP contribution is -2.38. The lowest BCUT2D eigenvalue weighted by Gasteiger charge is -2.25. The van der Waals surface area contributed by atoms with E-state index in [9.17, 15) is 4.79 Å². The molecule has 1 aliphatic rings. The molecule has 148 valence electrons. The van der Waals surface area contributed by atoms with Crippen LogP contribution in [0.1, 0.15) is 31.0 Å². The van der Waals surface area contributed by atoms with Gasteiger partial charge in [0.25, 0.3) is 0 Å². The van der Waals surface area contributed by atoms with E-state index in [4.69, 9.17) is 14.7 Å². The maximum Gasteiger partial charge on any atom is 0.209 e. The van der Waals surface area contributed by atoms with E-state index in [0.717, 1.165) is 11.1 Å². The first kappa shape index (κ1) is 20.0. The highest BCUT2D eigenvalue weighted by Crippen LogP contribution is 2.36. The van der Waals surface area contributed by atoms with Crippen LogP contribution in [0.4, 0.5) is 0 Å². The molecule has 0 fully saturated rings. The van der Waals surface area contributed by atoms with Crippen molar-refractivity contribution in [2.45, 2.75) is 26.5 Å². The van der Waals surface area contributed by atoms with Gasteiger partial charge in [-0.1, -0.05) is 36.4 Å². The number of methoxy groups -OCH3 is 1. The van der Waals surface area contributed by atoms with E-state index in [-0.39, 0.29) is 5.78 Å². The van der Waals surface area contributed by atoms with Crippen LogP contribution in [0.5, 0.6) is 11.5 Å². The second-order valence-corrected chi connectivity index (χ2v) is 6.52. The number of nitriles is 1. The van der Waals surface area contributed by atoms with Gasteiger partial charge in [-0.05, 0) is 37.1 Å². The molecule has 1 aliphatic heterocycles. The number of hydrogen-bond acceptors (Lipinski definition) is 7. The van der Waals surface area contributed by atoms with Gasteiger partial charge in [0.2, 0.25) is 5.96 Å². The van der Waals surface area contributed by atoms with Crippen LogP contribution >= 0.6 is 0 Å². The van der Waals surface area contributed by atoms with Gasteiger partial charge >= 0.3 is 0 Å². The summed E-state index contributed by atoms with van der Waals surface area (Å²) in [5.74, 6) is 1.34. The Morgan fingerprint density at radius 3 is 2.66 bits per heavy atom. The van der Waals surface area contributed by atoms with Crippen molar-refractivity contribution in [2.24, 2.45) is 4.99 Å². The number of hydrogen-bond donors (Lipinski definition) is 2. The SMILES string of the molecule is COc1cc([C@@H]2N=C(NC#N)NC(C)=C2C(C)=O)ccc1OCc1ccccc1. The minimum absolute atomic E-state index is 0.0943. The van der Waals surface area contributed by atoms with Crippen LogP contribution in [-0.4, -0.2) is 18.9 Å². The predicted molar refractivity (Wildman–Crippen MR) is 109 cm³/mol. The summed E-state index contributed by atoms with van der Waals surface area (Å²) >= 11 is 0. The molecule has 1 atom stereocenters. The molecule has 1 heterocycles. The number of carbonyl (C=O) groups is 1. The number of Topliss-reactive ketones (excluding diaryl/α,β-unsaturated/α-hetero) is 1. The smallest absolute Gasteiger partial charge is 0.209 e. The molecule has 0 unspecified atom stereocenters. The molecule has 0 bridgehead atoms. The van der Waals surface area contributed by atoms with Crippen molar-refractivity contribution in [3.8, 4) is 17.7 Å². The fourth-order valence-corrected chi connectivity index (χ4v) is 3.20. The van der Waals surface area contributed by atoms with Crippen LogP contribution in [0, 0.1) is 11.5 Å². The quantitative estimate of drug-likeness (QED) is 0.581. The second kappa shape index (κ2) is 8.93. The standard InChI is InChI=1S/C22H22N4O3/c1-14-20(15(2)27)21(26-22(25-14)24-13-23)17-9-10-18(19(11-17)28-3)29-12-16-7-5-4-6-8-16/h4-11,21H,12H2,1-3H3,(H2,24,25,26)/t21-/m0/s1. The number of benzene rings is 2. The van der Waals surface area contributed by atoms with Gasteiger partial charge in [0.15, 0.2) is 23.5 Å². The molecule has 0 aromatic heterocycles. The molecule has 7 nitrogen and oxygen atoms in total. The molecular weight excluding hydrogens is 368 g/mol. The minimum atomic E-state index is -0.554. The average Bonchev–Trinajstić information content (AvgIpc) is 2.72. The molecule has 29 heavy (non-hydrogen) atoms. The Balaban J connectivity index is 1.91. The van der Waals surface area contributed by atoms with Crippen LogP contribution in [0.2, 0.25) is 0 Å². The van der Waals surface area contributed by atoms with Gasteiger partial charge in [-0.2, -0.15) is 5.26 Å². The van der Waals surface area contributed by atoms with Crippen LogP contribution in [-0.2, 0) is 11.4 Å². The number of ether oxygens (including phenoxy) is 2. The van der Waals surface area contributed by atoms with Gasteiger partial charge < -0.3 is 14.8 Å². The van der Waals surface area contributed by atoms with Crippen molar-refractivity contribution in [2.75, 3.05) is 7.11 Å². The number of carbonyl (C=O) groups excluding carboxylic acids is 1. The summed E-state index contributed by atoms with van der Waals surface area (Å²) in [6.07, 6.45) is 1.84. The van der Waals surface area contributed by atoms with Gasteiger partial charge in [-0.3, -0.25) is 10.1 Å². The van der Waals surface area contributed by atoms with E-state index in [2.05, 4.69) is 15.6 Å². The van der Waals surface area contributed by atoms with Gasteiger partial charge in [0.1, 0.15) is 12.6 Å². The average molecular weight is 390 g/mol. The summed E-state index contributed by atoms with van der Waals surface area (Å²) in [7, 11) is 1.57. The van der Waals surface area contributed by atoms with Gasteiger partial charge in [0.05, 0.1) is 7.11 Å². The minimum Gasteiger partial charge on any atom is -0.493 e. The summed E-state index contributed by atoms with van der Waals surface area (Å²) in [6.45, 7) is 3.70. The van der Waals surface area contributed by atoms with Gasteiger partial charge in [-0.15, -0.1) is 0 Å². The topological polar surface area (TPSA) is 95.7 Å². The lowest BCUT2D eigenvalue weighted by atomic mass is 9.93. The van der Waals surface area contributed by atoms with Crippen molar-refractivity contribution >= 4 is 11.7 Å². The molecular formula is C22H22N4O3. The predicted octanol–water partition coefficient (Wildman–Crippen LogP) is 3.21. The summed E-state index contributed by atoms with van der Waals surface area (Å²) < 4.78 is 11.4. The van der Waals surface area contributed by atoms with Crippen molar-refractivity contribution in [1.82, 2.24) is 10.6 Å². The van der Waals surface area contributed by atoms with Crippen LogP contribution in [0.25, 0.3) is 0 Å². The van der Waals surface area contributed by atoms with E-state index in [1.165, 1.54) is 6.92 Å². The first-order chi connectivity index (χ1) is 14.0. The third-order valence-corrected chi connectivity index (χ3v) is 4.54. The Kier molecular flexibility index (Phi) is 6.15. The number of guanidine groups is 1. The monoisotopic (exact) mass is 390 g/mol. The van der Waals surface area contributed by atoms with E-state index in [0.29, 0.717) is 35.3 Å². The highest BCUT2D eigenvalue weighted by Gasteiger charge is 2.28. The number of nitrogens with one attached hydrogen (secondary N) is 2. The van der Waals surface area contributed by atoms with E-state index < -0.39 is 6.04 Å². The zero-order valence-electron chi connectivity index (χ0n) is 16.5. The number of allylic oxidation sites excluding steroid dienone is 1. The molecule has 0 amide bonds. The normalized spacial score (nSPS) is 15.7. The molecule has 2 N–H and O–H groups in total. The Labute approximate surface area is 169 Å². The zero-order valence-corrected chi connectivity index (χ0v) is 16.5. The molecule has 0 saturated carbocycles. The first-order valence-corrected chi connectivity index (χ1v) is 9.09. The van der Waals surface area contributed by atoms with Crippen molar-refractivity contribution in [1.29, 1.82) is 5.26 Å². The Hall–Kier alpha value is -3.79. The Bertz CT molecular complexity index is 1010. The zero-order chi connectivity index (χ0) is 20.8. The first-order valence-electron chi connectivity index (χ1n) is 9.09. The highest BCUT2D eigenvalue weighted by atomic mass is 16.5. The molecule has 3 rings (SSSR count). The fraction of sp³-hybridized carbons (Fsp3) is 0.227. The summed E-state index contributed by atoms with van der Waals surface area (Å²) in [6, 6.07) is 14.7. The van der Waals surface area contributed by atoms with Crippen LogP contribution < -0.4 is 20.1 Å². The molecule has 0 radical (unpaired) electrons. The molecule has 2 aromatic carbocycles. The maximum absolute atomic E-state index is 12.2. The molecule has 0 aliphatic carbocycles. The summed E-state index contributed by atoms with van der Waals surface area (Å²) in [4.78, 5) is 16.7. The molecule has 7 heteroatoms.